The van der Waals surface area contributed by atoms with Crippen molar-refractivity contribution in [3.63, 3.8) is 0 Å². The number of alkyl halides is 3. The van der Waals surface area contributed by atoms with Crippen molar-refractivity contribution < 1.29 is 30.4 Å². The van der Waals surface area contributed by atoms with Crippen LogP contribution in [0.4, 0.5) is 36.1 Å². The molecule has 0 spiro atoms. The number of rotatable bonds is 0. The molecule has 0 heterocycles. The molecule has 0 bridgehead atoms. The summed E-state index contributed by atoms with van der Waals surface area (Å²) in [6, 6.07) is 2.94. The molecule has 100 valence electrons. The SMILES string of the molecule is F[B-](F)(F)F.N#[N+]c1cc(Br)cc(C(F)(F)F)c1. The Kier molecular flexibility index (Phi) is 5.60. The van der Waals surface area contributed by atoms with Crippen LogP contribution in [0.3, 0.4) is 0 Å². The van der Waals surface area contributed by atoms with E-state index >= 15 is 0 Å². The van der Waals surface area contributed by atoms with Gasteiger partial charge in [-0.1, -0.05) is 15.9 Å². The minimum Gasteiger partial charge on any atom is -0.418 e. The van der Waals surface area contributed by atoms with Crippen LogP contribution in [0.25, 0.3) is 4.98 Å². The van der Waals surface area contributed by atoms with Crippen molar-refractivity contribution in [2.24, 2.45) is 0 Å². The smallest absolute Gasteiger partial charge is 0.418 e. The second-order valence-electron chi connectivity index (χ2n) is 2.79. The number of benzene rings is 1. The van der Waals surface area contributed by atoms with Crippen LogP contribution in [-0.4, -0.2) is 7.25 Å². The Morgan fingerprint density at radius 2 is 1.50 bits per heavy atom. The van der Waals surface area contributed by atoms with Crippen molar-refractivity contribution in [1.29, 1.82) is 5.39 Å². The number of diazo groups is 1. The average Bonchev–Trinajstić information content (AvgIpc) is 2.12. The summed E-state index contributed by atoms with van der Waals surface area (Å²) in [6.07, 6.45) is -4.43. The molecule has 0 aromatic heterocycles. The lowest BCUT2D eigenvalue weighted by Crippen LogP contribution is -2.04. The summed E-state index contributed by atoms with van der Waals surface area (Å²) in [5.41, 5.74) is -0.989. The molecule has 0 unspecified atom stereocenters. The molecule has 0 aliphatic carbocycles. The number of nitrogens with zero attached hydrogens (tertiary/aromatic N) is 2. The topological polar surface area (TPSA) is 28.1 Å². The third kappa shape index (κ3) is 7.89. The molecule has 18 heavy (non-hydrogen) atoms. The monoisotopic (exact) mass is 338 g/mol. The molecule has 1 aromatic carbocycles. The lowest BCUT2D eigenvalue weighted by Gasteiger charge is -2.04. The molecule has 0 aliphatic rings. The van der Waals surface area contributed by atoms with Crippen LogP contribution in [0.5, 0.6) is 0 Å². The first-order valence-corrected chi connectivity index (χ1v) is 4.83. The maximum Gasteiger partial charge on any atom is 0.673 e. The van der Waals surface area contributed by atoms with E-state index in [-0.39, 0.29) is 10.2 Å². The van der Waals surface area contributed by atoms with E-state index in [1.54, 1.807) is 0 Å². The van der Waals surface area contributed by atoms with Crippen LogP contribution in [0, 0.1) is 5.39 Å². The van der Waals surface area contributed by atoms with Gasteiger partial charge in [0.15, 0.2) is 4.98 Å². The summed E-state index contributed by atoms with van der Waals surface area (Å²) in [4.78, 5) is 2.68. The molecule has 0 aliphatic heterocycles. The van der Waals surface area contributed by atoms with E-state index in [0.717, 1.165) is 12.1 Å². The summed E-state index contributed by atoms with van der Waals surface area (Å²) in [6.45, 7) is 0. The molecule has 0 fully saturated rings. The van der Waals surface area contributed by atoms with Crippen LogP contribution in [0.15, 0.2) is 22.7 Å². The van der Waals surface area contributed by atoms with Gasteiger partial charge in [-0.2, -0.15) is 13.2 Å². The van der Waals surface area contributed by atoms with Crippen molar-refractivity contribution in [2.75, 3.05) is 0 Å². The van der Waals surface area contributed by atoms with Crippen molar-refractivity contribution in [2.45, 2.75) is 6.18 Å². The summed E-state index contributed by atoms with van der Waals surface area (Å²) < 4.78 is 75.6. The second kappa shape index (κ2) is 6.04. The highest BCUT2D eigenvalue weighted by Crippen LogP contribution is 2.34. The van der Waals surface area contributed by atoms with Crippen molar-refractivity contribution in [3.8, 4) is 0 Å². The predicted molar refractivity (Wildman–Crippen MR) is 54.1 cm³/mol. The lowest BCUT2D eigenvalue weighted by molar-refractivity contribution is -0.137. The molecule has 1 rings (SSSR count). The highest BCUT2D eigenvalue weighted by atomic mass is 79.9. The van der Waals surface area contributed by atoms with Crippen molar-refractivity contribution >= 4 is 28.9 Å². The van der Waals surface area contributed by atoms with Crippen LogP contribution in [0.2, 0.25) is 0 Å². The Morgan fingerprint density at radius 3 is 1.83 bits per heavy atom. The lowest BCUT2D eigenvalue weighted by atomic mass is 10.2. The molecule has 0 atom stereocenters. The zero-order valence-electron chi connectivity index (χ0n) is 8.23. The third-order valence-electron chi connectivity index (χ3n) is 1.33. The minimum absolute atomic E-state index is 0.137. The van der Waals surface area contributed by atoms with E-state index in [9.17, 15) is 30.4 Å². The van der Waals surface area contributed by atoms with Crippen LogP contribution >= 0.6 is 15.9 Å². The molecule has 0 amide bonds. The van der Waals surface area contributed by atoms with Gasteiger partial charge in [-0.15, -0.1) is 0 Å². The molecular weight excluding hydrogens is 336 g/mol. The van der Waals surface area contributed by atoms with E-state index in [0.29, 0.717) is 0 Å². The van der Waals surface area contributed by atoms with Gasteiger partial charge in [0.25, 0.3) is 0 Å². The number of hydrogen-bond donors (Lipinski definition) is 0. The predicted octanol–water partition coefficient (Wildman–Crippen LogP) is 5.25. The summed E-state index contributed by atoms with van der Waals surface area (Å²) in [5.74, 6) is 0. The van der Waals surface area contributed by atoms with Gasteiger partial charge in [0.1, 0.15) is 0 Å². The number of hydrogen-bond acceptors (Lipinski definition) is 1. The third-order valence-corrected chi connectivity index (χ3v) is 1.78. The van der Waals surface area contributed by atoms with Gasteiger partial charge in [0.05, 0.1) is 5.56 Å². The summed E-state index contributed by atoms with van der Waals surface area (Å²) >= 11 is 2.88. The molecular formula is C7H3BBrF7N2. The average molecular weight is 339 g/mol. The highest BCUT2D eigenvalue weighted by Gasteiger charge is 2.32. The molecule has 2 nitrogen and oxygen atoms in total. The molecule has 0 saturated heterocycles. The van der Waals surface area contributed by atoms with Crippen LogP contribution < -0.4 is 0 Å². The zero-order valence-corrected chi connectivity index (χ0v) is 9.81. The van der Waals surface area contributed by atoms with Gasteiger partial charge in [-0.05, 0) is 6.07 Å². The molecule has 1 aromatic rings. The molecule has 0 radical (unpaired) electrons. The maximum absolute atomic E-state index is 12.1. The van der Waals surface area contributed by atoms with Gasteiger partial charge in [-0.3, -0.25) is 0 Å². The number of halogens is 8. The molecule has 0 N–H and O–H groups in total. The summed E-state index contributed by atoms with van der Waals surface area (Å²) in [5, 5.41) is 8.29. The fourth-order valence-electron chi connectivity index (χ4n) is 0.796. The van der Waals surface area contributed by atoms with Gasteiger partial charge in [0.2, 0.25) is 5.39 Å². The largest absolute Gasteiger partial charge is 0.673 e. The second-order valence-corrected chi connectivity index (χ2v) is 3.71. The molecule has 11 heteroatoms. The van der Waals surface area contributed by atoms with Crippen LogP contribution in [0.1, 0.15) is 5.56 Å². The zero-order chi connectivity index (χ0) is 14.6. The highest BCUT2D eigenvalue weighted by molar-refractivity contribution is 9.10. The van der Waals surface area contributed by atoms with E-state index in [1.165, 1.54) is 6.07 Å². The Bertz CT molecular complexity index is 445. The minimum atomic E-state index is -6.00. The Hall–Kier alpha value is -1.31. The van der Waals surface area contributed by atoms with Crippen LogP contribution in [-0.2, 0) is 6.18 Å². The fourth-order valence-corrected chi connectivity index (χ4v) is 1.28. The van der Waals surface area contributed by atoms with Crippen molar-refractivity contribution in [3.05, 3.63) is 33.2 Å². The van der Waals surface area contributed by atoms with Crippen molar-refractivity contribution in [1.82, 2.24) is 0 Å². The van der Waals surface area contributed by atoms with E-state index in [1.807, 2.05) is 0 Å². The van der Waals surface area contributed by atoms with Gasteiger partial charge in [-0.25, -0.2) is 0 Å². The first kappa shape index (κ1) is 16.7. The quantitative estimate of drug-likeness (QED) is 0.360. The normalized spacial score (nSPS) is 11.3. The van der Waals surface area contributed by atoms with Gasteiger partial charge in [0, 0.05) is 16.6 Å². The Labute approximate surface area is 105 Å². The molecule has 0 saturated carbocycles. The summed E-state index contributed by atoms with van der Waals surface area (Å²) in [7, 11) is -6.00. The standard InChI is InChI=1S/C7H3BrF3N2.BF4/c8-5-1-4(7(9,10)11)2-6(3-5)13-12;2-1(3,4)5/h1-3H;/q+1;-1. The first-order valence-electron chi connectivity index (χ1n) is 4.03. The Morgan fingerprint density at radius 1 is 1.06 bits per heavy atom. The van der Waals surface area contributed by atoms with Gasteiger partial charge >= 0.3 is 19.1 Å². The Balaban J connectivity index is 0.000000494. The van der Waals surface area contributed by atoms with Gasteiger partial charge < -0.3 is 17.3 Å². The first-order chi connectivity index (χ1) is 7.93. The van der Waals surface area contributed by atoms with E-state index < -0.39 is 19.0 Å². The van der Waals surface area contributed by atoms with E-state index in [4.69, 9.17) is 5.39 Å². The van der Waals surface area contributed by atoms with E-state index in [2.05, 4.69) is 20.9 Å². The maximum atomic E-state index is 12.1. The fraction of sp³-hybridized carbons (Fsp3) is 0.143.